The summed E-state index contributed by atoms with van der Waals surface area (Å²) in [6, 6.07) is 16.4. The minimum atomic E-state index is -0.912. The molecule has 2 nitrogen and oxygen atoms in total. The molecule has 0 radical (unpaired) electrons. The van der Waals surface area contributed by atoms with Gasteiger partial charge in [-0.15, -0.1) is 0 Å². The van der Waals surface area contributed by atoms with Crippen LogP contribution in [0.2, 0.25) is 0 Å². The minimum Gasteiger partial charge on any atom is -0.385 e. The number of aliphatic hydroxyl groups is 2. The average molecular weight is 293 g/mol. The molecule has 3 heteroatoms. The second-order valence-electron chi connectivity index (χ2n) is 3.85. The summed E-state index contributed by atoms with van der Waals surface area (Å²) in [5.74, 6) is 0. The van der Waals surface area contributed by atoms with Crippen molar-refractivity contribution in [3.63, 3.8) is 0 Å². The summed E-state index contributed by atoms with van der Waals surface area (Å²) in [5.41, 5.74) is 1.41. The Balaban J connectivity index is 2.20. The van der Waals surface area contributed by atoms with Crippen molar-refractivity contribution in [3.8, 4) is 0 Å². The smallest absolute Gasteiger partial charge is 0.109 e. The average Bonchev–Trinajstić information content (AvgIpc) is 2.39. The molecule has 0 fully saturated rings. The number of halogens is 1. The Morgan fingerprint density at radius 1 is 0.706 bits per heavy atom. The molecule has 2 atom stereocenters. The molecule has 0 saturated carbocycles. The zero-order chi connectivity index (χ0) is 12.3. The number of benzene rings is 2. The monoisotopic (exact) mass is 292 g/mol. The maximum atomic E-state index is 10.1. The fourth-order valence-electron chi connectivity index (χ4n) is 1.67. The molecule has 0 spiro atoms. The van der Waals surface area contributed by atoms with Crippen molar-refractivity contribution in [1.82, 2.24) is 0 Å². The van der Waals surface area contributed by atoms with Gasteiger partial charge in [-0.3, -0.25) is 0 Å². The molecule has 0 bridgehead atoms. The predicted octanol–water partition coefficient (Wildman–Crippen LogP) is 3.22. The molecule has 0 heterocycles. The number of rotatable bonds is 3. The lowest BCUT2D eigenvalue weighted by Gasteiger charge is -2.18. The molecule has 17 heavy (non-hydrogen) atoms. The van der Waals surface area contributed by atoms with Crippen molar-refractivity contribution in [2.45, 2.75) is 12.2 Å². The highest BCUT2D eigenvalue weighted by Gasteiger charge is 2.19. The summed E-state index contributed by atoms with van der Waals surface area (Å²) in [6.07, 6.45) is -1.82. The Morgan fingerprint density at radius 3 is 1.71 bits per heavy atom. The van der Waals surface area contributed by atoms with Crippen LogP contribution in [0.1, 0.15) is 23.3 Å². The molecule has 88 valence electrons. The van der Waals surface area contributed by atoms with Crippen LogP contribution in [0.4, 0.5) is 0 Å². The third kappa shape index (κ3) is 2.94. The van der Waals surface area contributed by atoms with Gasteiger partial charge in [-0.25, -0.2) is 0 Å². The third-order valence-electron chi connectivity index (χ3n) is 2.65. The van der Waals surface area contributed by atoms with Gasteiger partial charge in [0.2, 0.25) is 0 Å². The third-order valence-corrected chi connectivity index (χ3v) is 3.18. The summed E-state index contributed by atoms with van der Waals surface area (Å²) in [5, 5.41) is 20.1. The van der Waals surface area contributed by atoms with Crippen LogP contribution < -0.4 is 0 Å². The van der Waals surface area contributed by atoms with Crippen LogP contribution in [-0.2, 0) is 0 Å². The highest BCUT2D eigenvalue weighted by Crippen LogP contribution is 2.28. The van der Waals surface area contributed by atoms with Crippen LogP contribution in [0.3, 0.4) is 0 Å². The molecular weight excluding hydrogens is 280 g/mol. The highest BCUT2D eigenvalue weighted by atomic mass is 79.9. The Kier molecular flexibility index (Phi) is 3.94. The van der Waals surface area contributed by atoms with Crippen LogP contribution in [0.5, 0.6) is 0 Å². The van der Waals surface area contributed by atoms with Crippen molar-refractivity contribution in [2.75, 3.05) is 0 Å². The van der Waals surface area contributed by atoms with E-state index >= 15 is 0 Å². The van der Waals surface area contributed by atoms with Gasteiger partial charge in [-0.1, -0.05) is 58.4 Å². The van der Waals surface area contributed by atoms with Crippen molar-refractivity contribution in [1.29, 1.82) is 0 Å². The first-order chi connectivity index (χ1) is 8.18. The van der Waals surface area contributed by atoms with E-state index in [4.69, 9.17) is 0 Å². The Morgan fingerprint density at radius 2 is 1.18 bits per heavy atom. The molecule has 2 N–H and O–H groups in total. The zero-order valence-electron chi connectivity index (χ0n) is 9.12. The van der Waals surface area contributed by atoms with Crippen LogP contribution in [0.15, 0.2) is 59.1 Å². The van der Waals surface area contributed by atoms with E-state index in [2.05, 4.69) is 15.9 Å². The van der Waals surface area contributed by atoms with Crippen molar-refractivity contribution < 1.29 is 10.2 Å². The summed E-state index contributed by atoms with van der Waals surface area (Å²) in [4.78, 5) is 0. The first-order valence-corrected chi connectivity index (χ1v) is 6.14. The van der Waals surface area contributed by atoms with Gasteiger partial charge in [0.05, 0.1) is 0 Å². The van der Waals surface area contributed by atoms with Gasteiger partial charge < -0.3 is 10.2 Å². The van der Waals surface area contributed by atoms with Crippen molar-refractivity contribution in [3.05, 3.63) is 70.2 Å². The summed E-state index contributed by atoms with van der Waals surface area (Å²) < 4.78 is 0.947. The predicted molar refractivity (Wildman–Crippen MR) is 70.5 cm³/mol. The van der Waals surface area contributed by atoms with E-state index < -0.39 is 12.2 Å². The fraction of sp³-hybridized carbons (Fsp3) is 0.143. The zero-order valence-corrected chi connectivity index (χ0v) is 10.7. The van der Waals surface area contributed by atoms with Crippen LogP contribution in [0.25, 0.3) is 0 Å². The topological polar surface area (TPSA) is 40.5 Å². The summed E-state index contributed by atoms with van der Waals surface area (Å²) in [7, 11) is 0. The van der Waals surface area contributed by atoms with Gasteiger partial charge in [0.25, 0.3) is 0 Å². The van der Waals surface area contributed by atoms with Gasteiger partial charge in [0.1, 0.15) is 12.2 Å². The van der Waals surface area contributed by atoms with E-state index in [1.807, 2.05) is 30.3 Å². The van der Waals surface area contributed by atoms with E-state index in [0.717, 1.165) is 4.47 Å². The lowest BCUT2D eigenvalue weighted by atomic mass is 9.98. The van der Waals surface area contributed by atoms with Crippen molar-refractivity contribution in [2.24, 2.45) is 0 Å². The minimum absolute atomic E-state index is 0.699. The Bertz CT molecular complexity index is 467. The molecule has 0 saturated heterocycles. The first kappa shape index (κ1) is 12.3. The SMILES string of the molecule is O[C@@H](c1ccccc1)[C@@H](O)c1ccc(Br)cc1. The summed E-state index contributed by atoms with van der Waals surface area (Å²) >= 11 is 3.33. The summed E-state index contributed by atoms with van der Waals surface area (Å²) in [6.45, 7) is 0. The van der Waals surface area contributed by atoms with Crippen molar-refractivity contribution >= 4 is 15.9 Å². The van der Waals surface area contributed by atoms with Gasteiger partial charge in [0.15, 0.2) is 0 Å². The highest BCUT2D eigenvalue weighted by molar-refractivity contribution is 9.10. The van der Waals surface area contributed by atoms with E-state index in [9.17, 15) is 10.2 Å². The van der Waals surface area contributed by atoms with Gasteiger partial charge in [0, 0.05) is 4.47 Å². The maximum absolute atomic E-state index is 10.1. The largest absolute Gasteiger partial charge is 0.385 e. The number of aliphatic hydroxyl groups excluding tert-OH is 2. The molecule has 2 rings (SSSR count). The normalized spacial score (nSPS) is 14.3. The molecule has 0 amide bonds. The van der Waals surface area contributed by atoms with Crippen LogP contribution >= 0.6 is 15.9 Å². The number of hydrogen-bond donors (Lipinski definition) is 2. The molecule has 2 aromatic carbocycles. The molecule has 0 aliphatic heterocycles. The molecule has 0 unspecified atom stereocenters. The molecule has 0 aliphatic carbocycles. The van der Waals surface area contributed by atoms with Gasteiger partial charge in [-0.2, -0.15) is 0 Å². The van der Waals surface area contributed by atoms with Gasteiger partial charge >= 0.3 is 0 Å². The van der Waals surface area contributed by atoms with Gasteiger partial charge in [-0.05, 0) is 23.3 Å². The molecule has 2 aromatic rings. The second kappa shape index (κ2) is 5.45. The first-order valence-electron chi connectivity index (χ1n) is 5.35. The van der Waals surface area contributed by atoms with E-state index in [0.29, 0.717) is 11.1 Å². The fourth-order valence-corrected chi connectivity index (χ4v) is 1.94. The quantitative estimate of drug-likeness (QED) is 0.912. The lowest BCUT2D eigenvalue weighted by Crippen LogP contribution is -2.10. The Hall–Kier alpha value is -1.16. The van der Waals surface area contributed by atoms with Crippen LogP contribution in [-0.4, -0.2) is 10.2 Å². The van der Waals surface area contributed by atoms with E-state index in [1.165, 1.54) is 0 Å². The molecule has 0 aromatic heterocycles. The molecular formula is C14H13BrO2. The van der Waals surface area contributed by atoms with Crippen LogP contribution in [0, 0.1) is 0 Å². The van der Waals surface area contributed by atoms with E-state index in [-0.39, 0.29) is 0 Å². The Labute approximate surface area is 109 Å². The second-order valence-corrected chi connectivity index (χ2v) is 4.77. The maximum Gasteiger partial charge on any atom is 0.109 e. The number of hydrogen-bond acceptors (Lipinski definition) is 2. The van der Waals surface area contributed by atoms with E-state index in [1.54, 1.807) is 24.3 Å². The lowest BCUT2D eigenvalue weighted by molar-refractivity contribution is 0.0172. The molecule has 0 aliphatic rings. The standard InChI is InChI=1S/C14H13BrO2/c15-12-8-6-11(7-9-12)14(17)13(16)10-4-2-1-3-5-10/h1-9,13-14,16-17H/t13-,14-/m0/s1.